The Morgan fingerprint density at radius 3 is 2.50 bits per heavy atom. The molecule has 1 aromatic rings. The van der Waals surface area contributed by atoms with Crippen molar-refractivity contribution in [2.45, 2.75) is 33.3 Å². The van der Waals surface area contributed by atoms with Crippen molar-refractivity contribution < 1.29 is 14.6 Å². The Labute approximate surface area is 121 Å². The van der Waals surface area contributed by atoms with Gasteiger partial charge < -0.3 is 15.2 Å². The van der Waals surface area contributed by atoms with Gasteiger partial charge in [0.2, 0.25) is 0 Å². The highest BCUT2D eigenvalue weighted by Gasteiger charge is 2.18. The zero-order valence-electron chi connectivity index (χ0n) is 12.6. The molecule has 1 amide bonds. The second-order valence-corrected chi connectivity index (χ2v) is 5.80. The molecule has 2 N–H and O–H groups in total. The lowest BCUT2D eigenvalue weighted by atomic mass is 9.88. The molecule has 0 bridgehead atoms. The van der Waals surface area contributed by atoms with E-state index >= 15 is 0 Å². The highest BCUT2D eigenvalue weighted by molar-refractivity contribution is 5.94. The molecule has 0 radical (unpaired) electrons. The van der Waals surface area contributed by atoms with E-state index in [4.69, 9.17) is 9.84 Å². The molecule has 0 saturated heterocycles. The maximum atomic E-state index is 12.0. The van der Waals surface area contributed by atoms with Gasteiger partial charge in [-0.05, 0) is 36.0 Å². The zero-order chi connectivity index (χ0) is 15.0. The van der Waals surface area contributed by atoms with Crippen LogP contribution in [0.3, 0.4) is 0 Å². The first kappa shape index (κ1) is 16.7. The molecule has 0 spiro atoms. The van der Waals surface area contributed by atoms with Crippen molar-refractivity contribution in [3.63, 3.8) is 0 Å². The number of aliphatic hydroxyl groups excluding tert-OH is 1. The fourth-order valence-electron chi connectivity index (χ4n) is 1.99. The molecule has 112 valence electrons. The van der Waals surface area contributed by atoms with Gasteiger partial charge in [0.1, 0.15) is 0 Å². The summed E-state index contributed by atoms with van der Waals surface area (Å²) in [6.07, 6.45) is 1.64. The zero-order valence-corrected chi connectivity index (χ0v) is 12.6. The normalized spacial score (nSPS) is 11.4. The van der Waals surface area contributed by atoms with E-state index in [0.717, 1.165) is 18.4 Å². The van der Waals surface area contributed by atoms with Crippen molar-refractivity contribution >= 4 is 5.91 Å². The average Bonchev–Trinajstić information content (AvgIpc) is 2.44. The Morgan fingerprint density at radius 1 is 1.30 bits per heavy atom. The molecular weight excluding hydrogens is 254 g/mol. The molecule has 4 nitrogen and oxygen atoms in total. The number of hydrogen-bond donors (Lipinski definition) is 2. The minimum atomic E-state index is -0.0639. The first-order valence-electron chi connectivity index (χ1n) is 6.95. The first-order chi connectivity index (χ1) is 9.48. The van der Waals surface area contributed by atoms with Crippen molar-refractivity contribution in [3.8, 4) is 0 Å². The van der Waals surface area contributed by atoms with E-state index in [2.05, 4.69) is 19.2 Å². The van der Waals surface area contributed by atoms with Gasteiger partial charge in [0.05, 0.1) is 6.61 Å². The van der Waals surface area contributed by atoms with E-state index in [1.54, 1.807) is 7.11 Å². The van der Waals surface area contributed by atoms with E-state index in [-0.39, 0.29) is 17.9 Å². The standard InChI is InChI=1S/C16H25NO3/c1-16(2,9-4-10-18)12-17-15(19)14-7-5-13(6-8-14)11-20-3/h5-8,18H,4,9-12H2,1-3H3,(H,17,19). The maximum Gasteiger partial charge on any atom is 0.251 e. The third kappa shape index (κ3) is 5.72. The summed E-state index contributed by atoms with van der Waals surface area (Å²) in [5.41, 5.74) is 1.70. The quantitative estimate of drug-likeness (QED) is 0.768. The highest BCUT2D eigenvalue weighted by Crippen LogP contribution is 2.20. The molecule has 1 rings (SSSR count). The smallest absolute Gasteiger partial charge is 0.251 e. The lowest BCUT2D eigenvalue weighted by molar-refractivity contribution is 0.0933. The number of carbonyl (C=O) groups excluding carboxylic acids is 1. The van der Waals surface area contributed by atoms with E-state index in [0.29, 0.717) is 18.7 Å². The van der Waals surface area contributed by atoms with Crippen LogP contribution in [-0.4, -0.2) is 31.3 Å². The van der Waals surface area contributed by atoms with Gasteiger partial charge in [0.25, 0.3) is 5.91 Å². The van der Waals surface area contributed by atoms with Gasteiger partial charge in [-0.25, -0.2) is 0 Å². The second-order valence-electron chi connectivity index (χ2n) is 5.80. The van der Waals surface area contributed by atoms with Gasteiger partial charge in [0.15, 0.2) is 0 Å². The molecule has 0 unspecified atom stereocenters. The summed E-state index contributed by atoms with van der Waals surface area (Å²) in [6, 6.07) is 7.42. The van der Waals surface area contributed by atoms with Crippen molar-refractivity contribution in [2.24, 2.45) is 5.41 Å². The number of amides is 1. The molecule has 20 heavy (non-hydrogen) atoms. The minimum Gasteiger partial charge on any atom is -0.396 e. The van der Waals surface area contributed by atoms with E-state index in [1.165, 1.54) is 0 Å². The molecule has 0 fully saturated rings. The lowest BCUT2D eigenvalue weighted by Gasteiger charge is -2.24. The fraction of sp³-hybridized carbons (Fsp3) is 0.562. The molecule has 0 saturated carbocycles. The molecule has 0 aliphatic heterocycles. The average molecular weight is 279 g/mol. The van der Waals surface area contributed by atoms with Gasteiger partial charge in [-0.1, -0.05) is 26.0 Å². The lowest BCUT2D eigenvalue weighted by Crippen LogP contribution is -2.34. The second kappa shape index (κ2) is 8.02. The van der Waals surface area contributed by atoms with Gasteiger partial charge in [-0.15, -0.1) is 0 Å². The van der Waals surface area contributed by atoms with Crippen molar-refractivity contribution in [1.82, 2.24) is 5.32 Å². The summed E-state index contributed by atoms with van der Waals surface area (Å²) in [4.78, 5) is 12.0. The number of ether oxygens (including phenoxy) is 1. The SMILES string of the molecule is COCc1ccc(C(=O)NCC(C)(C)CCCO)cc1. The maximum absolute atomic E-state index is 12.0. The van der Waals surface area contributed by atoms with Crippen LogP contribution in [0.2, 0.25) is 0 Å². The Kier molecular flexibility index (Phi) is 6.68. The van der Waals surface area contributed by atoms with Crippen LogP contribution < -0.4 is 5.32 Å². The van der Waals surface area contributed by atoms with Gasteiger partial charge in [-0.3, -0.25) is 4.79 Å². The minimum absolute atomic E-state index is 0.00557. The molecule has 0 aliphatic rings. The largest absolute Gasteiger partial charge is 0.396 e. The third-order valence-electron chi connectivity index (χ3n) is 3.27. The van der Waals surface area contributed by atoms with Crippen molar-refractivity contribution in [3.05, 3.63) is 35.4 Å². The molecule has 0 atom stereocenters. The van der Waals surface area contributed by atoms with Gasteiger partial charge >= 0.3 is 0 Å². The molecule has 4 heteroatoms. The predicted molar refractivity (Wildman–Crippen MR) is 79.6 cm³/mol. The van der Waals surface area contributed by atoms with Crippen LogP contribution in [0.1, 0.15) is 42.6 Å². The number of benzene rings is 1. The highest BCUT2D eigenvalue weighted by atomic mass is 16.5. The van der Waals surface area contributed by atoms with E-state index < -0.39 is 0 Å². The summed E-state index contributed by atoms with van der Waals surface area (Å²) in [6.45, 7) is 5.52. The predicted octanol–water partition coefficient (Wildman–Crippen LogP) is 2.36. The monoisotopic (exact) mass is 279 g/mol. The summed E-state index contributed by atoms with van der Waals surface area (Å²) in [5.74, 6) is -0.0639. The number of carbonyl (C=O) groups is 1. The summed E-state index contributed by atoms with van der Waals surface area (Å²) < 4.78 is 5.04. The summed E-state index contributed by atoms with van der Waals surface area (Å²) >= 11 is 0. The summed E-state index contributed by atoms with van der Waals surface area (Å²) in [5, 5.41) is 11.8. The van der Waals surface area contributed by atoms with E-state index in [1.807, 2.05) is 24.3 Å². The number of methoxy groups -OCH3 is 1. The van der Waals surface area contributed by atoms with Crippen molar-refractivity contribution in [2.75, 3.05) is 20.3 Å². The van der Waals surface area contributed by atoms with Crippen LogP contribution in [0.15, 0.2) is 24.3 Å². The molecule has 1 aromatic carbocycles. The molecule has 0 heterocycles. The van der Waals surface area contributed by atoms with E-state index in [9.17, 15) is 4.79 Å². The van der Waals surface area contributed by atoms with Crippen LogP contribution in [-0.2, 0) is 11.3 Å². The van der Waals surface area contributed by atoms with Crippen LogP contribution in [0.25, 0.3) is 0 Å². The Morgan fingerprint density at radius 2 is 1.95 bits per heavy atom. The fourth-order valence-corrected chi connectivity index (χ4v) is 1.99. The van der Waals surface area contributed by atoms with Gasteiger partial charge in [0, 0.05) is 25.8 Å². The van der Waals surface area contributed by atoms with Crippen molar-refractivity contribution in [1.29, 1.82) is 0 Å². The number of nitrogens with one attached hydrogen (secondary N) is 1. The number of rotatable bonds is 8. The number of hydrogen-bond acceptors (Lipinski definition) is 3. The van der Waals surface area contributed by atoms with Crippen LogP contribution in [0.5, 0.6) is 0 Å². The van der Waals surface area contributed by atoms with Crippen LogP contribution in [0, 0.1) is 5.41 Å². The Hall–Kier alpha value is -1.39. The molecule has 0 aliphatic carbocycles. The Balaban J connectivity index is 2.49. The molecular formula is C16H25NO3. The van der Waals surface area contributed by atoms with Crippen LogP contribution in [0.4, 0.5) is 0 Å². The molecule has 0 aromatic heterocycles. The van der Waals surface area contributed by atoms with Gasteiger partial charge in [-0.2, -0.15) is 0 Å². The summed E-state index contributed by atoms with van der Waals surface area (Å²) in [7, 11) is 1.65. The van der Waals surface area contributed by atoms with Crippen LogP contribution >= 0.6 is 0 Å². The number of aliphatic hydroxyl groups is 1. The third-order valence-corrected chi connectivity index (χ3v) is 3.27. The topological polar surface area (TPSA) is 58.6 Å². The Bertz CT molecular complexity index is 412. The first-order valence-corrected chi connectivity index (χ1v) is 6.95.